The lowest BCUT2D eigenvalue weighted by atomic mass is 10.1. The Kier molecular flexibility index (Phi) is 6.40. The Morgan fingerprint density at radius 3 is 2.77 bits per heavy atom. The van der Waals surface area contributed by atoms with E-state index < -0.39 is 6.04 Å². The molecule has 1 fully saturated rings. The molecule has 4 rings (SSSR count). The van der Waals surface area contributed by atoms with Crippen LogP contribution in [0.15, 0.2) is 71.7 Å². The normalized spacial score (nSPS) is 18.4. The van der Waals surface area contributed by atoms with Crippen LogP contribution in [0.1, 0.15) is 27.0 Å². The fourth-order valence-corrected chi connectivity index (χ4v) is 5.00. The Hall–Kier alpha value is -2.77. The molecule has 3 heterocycles. The van der Waals surface area contributed by atoms with Crippen LogP contribution in [0.5, 0.6) is 0 Å². The van der Waals surface area contributed by atoms with Gasteiger partial charge in [-0.3, -0.25) is 14.6 Å². The van der Waals surface area contributed by atoms with Crippen LogP contribution < -0.4 is 5.32 Å². The van der Waals surface area contributed by atoms with Gasteiger partial charge in [-0.25, -0.2) is 0 Å². The van der Waals surface area contributed by atoms with Gasteiger partial charge in [-0.1, -0.05) is 29.8 Å². The van der Waals surface area contributed by atoms with Gasteiger partial charge in [0.2, 0.25) is 5.91 Å². The molecule has 2 amide bonds. The van der Waals surface area contributed by atoms with Crippen molar-refractivity contribution in [2.75, 3.05) is 12.3 Å². The Labute approximate surface area is 183 Å². The van der Waals surface area contributed by atoms with Crippen molar-refractivity contribution in [1.29, 1.82) is 0 Å². The fraction of sp³-hybridized carbons (Fsp3) is 0.227. The van der Waals surface area contributed by atoms with E-state index >= 15 is 0 Å². The van der Waals surface area contributed by atoms with Crippen molar-refractivity contribution in [1.82, 2.24) is 15.2 Å². The van der Waals surface area contributed by atoms with Gasteiger partial charge in [0.1, 0.15) is 11.4 Å². The van der Waals surface area contributed by atoms with E-state index in [1.165, 1.54) is 11.8 Å². The minimum Gasteiger partial charge on any atom is -0.472 e. The molecule has 154 valence electrons. The van der Waals surface area contributed by atoms with Gasteiger partial charge in [-0.2, -0.15) is 0 Å². The summed E-state index contributed by atoms with van der Waals surface area (Å²) in [7, 11) is 0. The van der Waals surface area contributed by atoms with Gasteiger partial charge in [0.25, 0.3) is 5.91 Å². The molecule has 1 aliphatic heterocycles. The SMILES string of the molecule is O=C(NCCc1ccccn1)C1CSC(c2ccoc2)N1C(=O)c1ccccc1Cl. The first-order valence-corrected chi connectivity index (χ1v) is 11.0. The molecule has 0 bridgehead atoms. The van der Waals surface area contributed by atoms with Gasteiger partial charge < -0.3 is 14.6 Å². The number of amides is 2. The van der Waals surface area contributed by atoms with E-state index in [0.717, 1.165) is 11.3 Å². The molecule has 1 aliphatic rings. The largest absolute Gasteiger partial charge is 0.472 e. The van der Waals surface area contributed by atoms with Crippen LogP contribution in [0.3, 0.4) is 0 Å². The number of benzene rings is 1. The quantitative estimate of drug-likeness (QED) is 0.627. The molecule has 0 radical (unpaired) electrons. The molecule has 0 saturated carbocycles. The van der Waals surface area contributed by atoms with Gasteiger partial charge in [0.05, 0.1) is 23.1 Å². The first kappa shape index (κ1) is 20.5. The lowest BCUT2D eigenvalue weighted by Gasteiger charge is -2.28. The third kappa shape index (κ3) is 4.37. The summed E-state index contributed by atoms with van der Waals surface area (Å²) >= 11 is 7.80. The molecule has 6 nitrogen and oxygen atoms in total. The maximum atomic E-state index is 13.4. The number of hydrogen-bond acceptors (Lipinski definition) is 5. The van der Waals surface area contributed by atoms with Crippen molar-refractivity contribution in [2.24, 2.45) is 0 Å². The molecule has 1 aromatic carbocycles. The smallest absolute Gasteiger partial charge is 0.257 e. The maximum absolute atomic E-state index is 13.4. The van der Waals surface area contributed by atoms with Gasteiger partial charge in [0, 0.05) is 36.2 Å². The second-order valence-corrected chi connectivity index (χ2v) is 8.33. The number of nitrogens with zero attached hydrogens (tertiary/aromatic N) is 2. The summed E-state index contributed by atoms with van der Waals surface area (Å²) in [6.45, 7) is 0.446. The third-order valence-corrected chi connectivity index (χ3v) is 6.53. The predicted molar refractivity (Wildman–Crippen MR) is 116 cm³/mol. The Morgan fingerprint density at radius 1 is 1.20 bits per heavy atom. The van der Waals surface area contributed by atoms with E-state index in [9.17, 15) is 9.59 Å². The van der Waals surface area contributed by atoms with Crippen LogP contribution in [0, 0.1) is 0 Å². The summed E-state index contributed by atoms with van der Waals surface area (Å²) in [5, 5.41) is 2.99. The third-order valence-electron chi connectivity index (χ3n) is 4.88. The molecule has 0 spiro atoms. The van der Waals surface area contributed by atoms with Crippen molar-refractivity contribution in [2.45, 2.75) is 17.8 Å². The molecular formula is C22H20ClN3O3S. The monoisotopic (exact) mass is 441 g/mol. The Bertz CT molecular complexity index is 1010. The van der Waals surface area contributed by atoms with Crippen LogP contribution in [0.2, 0.25) is 5.02 Å². The zero-order chi connectivity index (χ0) is 20.9. The second kappa shape index (κ2) is 9.36. The number of furan rings is 1. The summed E-state index contributed by atoms with van der Waals surface area (Å²) in [6.07, 6.45) is 5.51. The van der Waals surface area contributed by atoms with Crippen molar-refractivity contribution in [3.05, 3.63) is 89.1 Å². The molecule has 2 atom stereocenters. The molecule has 3 aromatic rings. The number of pyridine rings is 1. The number of carbonyl (C=O) groups is 2. The summed E-state index contributed by atoms with van der Waals surface area (Å²) in [5.41, 5.74) is 2.12. The van der Waals surface area contributed by atoms with Crippen LogP contribution in [0.25, 0.3) is 0 Å². The standard InChI is InChI=1S/C22H20ClN3O3S/c23-18-7-2-1-6-17(18)21(28)26-19(14-30-22(26)15-9-12-29-13-15)20(27)25-11-8-16-5-3-4-10-24-16/h1-7,9-10,12-13,19,22H,8,11,14H2,(H,25,27). The predicted octanol–water partition coefficient (Wildman–Crippen LogP) is 3.94. The number of hydrogen-bond donors (Lipinski definition) is 1. The van der Waals surface area contributed by atoms with Crippen LogP contribution in [0.4, 0.5) is 0 Å². The van der Waals surface area contributed by atoms with E-state index in [4.69, 9.17) is 16.0 Å². The molecule has 8 heteroatoms. The minimum absolute atomic E-state index is 0.190. The highest BCUT2D eigenvalue weighted by Crippen LogP contribution is 2.42. The minimum atomic E-state index is -0.609. The van der Waals surface area contributed by atoms with E-state index in [-0.39, 0.29) is 17.2 Å². The highest BCUT2D eigenvalue weighted by atomic mass is 35.5. The highest BCUT2D eigenvalue weighted by Gasteiger charge is 2.43. The van der Waals surface area contributed by atoms with Crippen molar-refractivity contribution in [3.8, 4) is 0 Å². The van der Waals surface area contributed by atoms with Gasteiger partial charge >= 0.3 is 0 Å². The van der Waals surface area contributed by atoms with Crippen LogP contribution in [-0.4, -0.2) is 40.0 Å². The molecule has 2 aromatic heterocycles. The Morgan fingerprint density at radius 2 is 2.03 bits per heavy atom. The molecule has 2 unspecified atom stereocenters. The molecule has 1 saturated heterocycles. The zero-order valence-electron chi connectivity index (χ0n) is 16.0. The summed E-state index contributed by atoms with van der Waals surface area (Å²) < 4.78 is 5.21. The van der Waals surface area contributed by atoms with E-state index in [1.807, 2.05) is 24.3 Å². The van der Waals surface area contributed by atoms with Crippen LogP contribution >= 0.6 is 23.4 Å². The first-order chi connectivity index (χ1) is 14.6. The summed E-state index contributed by atoms with van der Waals surface area (Å²) in [6, 6.07) is 13.8. The topological polar surface area (TPSA) is 75.4 Å². The fourth-order valence-electron chi connectivity index (χ4n) is 3.38. The lowest BCUT2D eigenvalue weighted by Crippen LogP contribution is -2.48. The number of halogens is 1. The van der Waals surface area contributed by atoms with Gasteiger partial charge in [-0.15, -0.1) is 11.8 Å². The summed E-state index contributed by atoms with van der Waals surface area (Å²) in [4.78, 5) is 32.2. The number of rotatable bonds is 6. The molecular weight excluding hydrogens is 422 g/mol. The van der Waals surface area contributed by atoms with Crippen molar-refractivity contribution in [3.63, 3.8) is 0 Å². The van der Waals surface area contributed by atoms with E-state index in [2.05, 4.69) is 10.3 Å². The molecule has 1 N–H and O–H groups in total. The number of thioether (sulfide) groups is 1. The number of nitrogens with one attached hydrogen (secondary N) is 1. The zero-order valence-corrected chi connectivity index (χ0v) is 17.6. The summed E-state index contributed by atoms with van der Waals surface area (Å²) in [5.74, 6) is 0.0214. The van der Waals surface area contributed by atoms with Crippen molar-refractivity contribution < 1.29 is 14.0 Å². The van der Waals surface area contributed by atoms with Crippen LogP contribution in [-0.2, 0) is 11.2 Å². The maximum Gasteiger partial charge on any atom is 0.257 e. The average Bonchev–Trinajstić information content (AvgIpc) is 3.44. The Balaban J connectivity index is 1.52. The van der Waals surface area contributed by atoms with Gasteiger partial charge in [-0.05, 0) is 30.3 Å². The van der Waals surface area contributed by atoms with Gasteiger partial charge in [0.15, 0.2) is 0 Å². The second-order valence-electron chi connectivity index (χ2n) is 6.81. The lowest BCUT2D eigenvalue weighted by molar-refractivity contribution is -0.124. The molecule has 30 heavy (non-hydrogen) atoms. The first-order valence-electron chi connectivity index (χ1n) is 9.53. The molecule has 0 aliphatic carbocycles. The highest BCUT2D eigenvalue weighted by molar-refractivity contribution is 7.99. The average molecular weight is 442 g/mol. The van der Waals surface area contributed by atoms with Crippen molar-refractivity contribution >= 4 is 35.2 Å². The number of carbonyl (C=O) groups excluding carboxylic acids is 2. The number of aromatic nitrogens is 1. The van der Waals surface area contributed by atoms with E-state index in [1.54, 1.807) is 47.9 Å². The van der Waals surface area contributed by atoms with E-state index in [0.29, 0.717) is 29.3 Å².